The number of nitrogens with zero attached hydrogens (tertiary/aromatic N) is 3. The number of nitrogens with one attached hydrogen (secondary N) is 1. The van der Waals surface area contributed by atoms with E-state index in [2.05, 4.69) is 10.4 Å². The molecule has 0 saturated heterocycles. The summed E-state index contributed by atoms with van der Waals surface area (Å²) in [6, 6.07) is 0.299. The van der Waals surface area contributed by atoms with Gasteiger partial charge in [-0.05, 0) is 12.8 Å². The molecule has 2 amide bonds. The van der Waals surface area contributed by atoms with Crippen LogP contribution in [0.4, 0.5) is 0 Å². The maximum Gasteiger partial charge on any atom is 0.223 e. The molecule has 1 aliphatic rings. The zero-order valence-corrected chi connectivity index (χ0v) is 14.7. The van der Waals surface area contributed by atoms with Gasteiger partial charge in [0.05, 0.1) is 12.8 Å². The van der Waals surface area contributed by atoms with E-state index in [1.165, 1.54) is 12.8 Å². The predicted molar refractivity (Wildman–Crippen MR) is 90.1 cm³/mol. The third kappa shape index (κ3) is 5.96. The number of methoxy groups -OCH3 is 1. The Kier molecular flexibility index (Phi) is 7.24. The van der Waals surface area contributed by atoms with Crippen molar-refractivity contribution in [2.45, 2.75) is 51.1 Å². The van der Waals surface area contributed by atoms with Crippen molar-refractivity contribution in [3.05, 3.63) is 18.0 Å². The molecule has 1 fully saturated rings. The van der Waals surface area contributed by atoms with Gasteiger partial charge in [-0.1, -0.05) is 12.8 Å². The lowest BCUT2D eigenvalue weighted by molar-refractivity contribution is -0.134. The standard InChI is InChI=1S/C17H28N4O3/c1-20-12-14(11-18-20)13-21(9-10-24-2)17(23)8-7-16(22)19-15-5-3-4-6-15/h11-12,15H,3-10,13H2,1-2H3,(H,19,22). The monoisotopic (exact) mass is 336 g/mol. The van der Waals surface area contributed by atoms with Gasteiger partial charge in [0.2, 0.25) is 11.8 Å². The van der Waals surface area contributed by atoms with Gasteiger partial charge in [-0.3, -0.25) is 14.3 Å². The van der Waals surface area contributed by atoms with E-state index in [4.69, 9.17) is 4.74 Å². The molecule has 7 nitrogen and oxygen atoms in total. The van der Waals surface area contributed by atoms with Crippen molar-refractivity contribution in [3.8, 4) is 0 Å². The first-order chi connectivity index (χ1) is 11.6. The normalized spacial score (nSPS) is 14.8. The lowest BCUT2D eigenvalue weighted by Gasteiger charge is -2.22. The van der Waals surface area contributed by atoms with E-state index >= 15 is 0 Å². The molecule has 2 rings (SSSR count). The van der Waals surface area contributed by atoms with E-state index in [0.717, 1.165) is 18.4 Å². The first-order valence-corrected chi connectivity index (χ1v) is 8.62. The topological polar surface area (TPSA) is 76.5 Å². The highest BCUT2D eigenvalue weighted by Gasteiger charge is 2.19. The summed E-state index contributed by atoms with van der Waals surface area (Å²) in [6.45, 7) is 1.47. The number of ether oxygens (including phenoxy) is 1. The predicted octanol–water partition coefficient (Wildman–Crippen LogP) is 1.23. The fourth-order valence-corrected chi connectivity index (χ4v) is 3.02. The molecular formula is C17H28N4O3. The van der Waals surface area contributed by atoms with E-state index < -0.39 is 0 Å². The van der Waals surface area contributed by atoms with E-state index in [0.29, 0.717) is 25.7 Å². The van der Waals surface area contributed by atoms with Crippen molar-refractivity contribution < 1.29 is 14.3 Å². The summed E-state index contributed by atoms with van der Waals surface area (Å²) in [4.78, 5) is 26.2. The summed E-state index contributed by atoms with van der Waals surface area (Å²) in [5.74, 6) is -0.0548. The highest BCUT2D eigenvalue weighted by molar-refractivity contribution is 5.83. The van der Waals surface area contributed by atoms with Crippen LogP contribution in [0.1, 0.15) is 44.1 Å². The minimum atomic E-state index is -0.0301. The van der Waals surface area contributed by atoms with Crippen LogP contribution >= 0.6 is 0 Å². The molecular weight excluding hydrogens is 308 g/mol. The van der Waals surface area contributed by atoms with E-state index in [-0.39, 0.29) is 24.7 Å². The summed E-state index contributed by atoms with van der Waals surface area (Å²) in [5, 5.41) is 7.15. The largest absolute Gasteiger partial charge is 0.383 e. The third-order valence-corrected chi connectivity index (χ3v) is 4.34. The second-order valence-corrected chi connectivity index (χ2v) is 6.38. The summed E-state index contributed by atoms with van der Waals surface area (Å²) < 4.78 is 6.80. The minimum Gasteiger partial charge on any atom is -0.383 e. The number of amides is 2. The van der Waals surface area contributed by atoms with Crippen LogP contribution in [0.3, 0.4) is 0 Å². The van der Waals surface area contributed by atoms with Crippen LogP contribution in [0.5, 0.6) is 0 Å². The maximum absolute atomic E-state index is 12.5. The SMILES string of the molecule is COCCN(Cc1cnn(C)c1)C(=O)CCC(=O)NC1CCCC1. The Labute approximate surface area is 143 Å². The van der Waals surface area contributed by atoms with Gasteiger partial charge in [0.25, 0.3) is 0 Å². The van der Waals surface area contributed by atoms with Crippen LogP contribution < -0.4 is 5.32 Å². The van der Waals surface area contributed by atoms with Gasteiger partial charge in [0.1, 0.15) is 0 Å². The molecule has 1 saturated carbocycles. The zero-order valence-electron chi connectivity index (χ0n) is 14.7. The maximum atomic E-state index is 12.5. The van der Waals surface area contributed by atoms with Crippen molar-refractivity contribution >= 4 is 11.8 Å². The van der Waals surface area contributed by atoms with Gasteiger partial charge in [0.15, 0.2) is 0 Å². The van der Waals surface area contributed by atoms with Crippen LogP contribution in [0.2, 0.25) is 0 Å². The Morgan fingerprint density at radius 1 is 1.38 bits per heavy atom. The van der Waals surface area contributed by atoms with Gasteiger partial charge in [-0.2, -0.15) is 5.10 Å². The van der Waals surface area contributed by atoms with Crippen molar-refractivity contribution in [1.29, 1.82) is 0 Å². The second-order valence-electron chi connectivity index (χ2n) is 6.38. The second kappa shape index (κ2) is 9.42. The smallest absolute Gasteiger partial charge is 0.223 e. The van der Waals surface area contributed by atoms with E-state index in [1.54, 1.807) is 22.9 Å². The number of aromatic nitrogens is 2. The number of carbonyl (C=O) groups is 2. The quantitative estimate of drug-likeness (QED) is 0.736. The minimum absolute atomic E-state index is 0.0247. The molecule has 0 spiro atoms. The molecule has 1 aromatic heterocycles. The summed E-state index contributed by atoms with van der Waals surface area (Å²) in [6.07, 6.45) is 8.58. The van der Waals surface area contributed by atoms with Crippen LogP contribution in [-0.2, 0) is 27.9 Å². The number of carbonyl (C=O) groups excluding carboxylic acids is 2. The fraction of sp³-hybridized carbons (Fsp3) is 0.706. The van der Waals surface area contributed by atoms with Crippen molar-refractivity contribution in [2.75, 3.05) is 20.3 Å². The third-order valence-electron chi connectivity index (χ3n) is 4.34. The average molecular weight is 336 g/mol. The van der Waals surface area contributed by atoms with Crippen LogP contribution in [0, 0.1) is 0 Å². The van der Waals surface area contributed by atoms with Crippen molar-refractivity contribution in [1.82, 2.24) is 20.0 Å². The molecule has 0 radical (unpaired) electrons. The molecule has 0 aliphatic heterocycles. The highest BCUT2D eigenvalue weighted by atomic mass is 16.5. The van der Waals surface area contributed by atoms with Crippen LogP contribution in [0.25, 0.3) is 0 Å². The van der Waals surface area contributed by atoms with Gasteiger partial charge in [0, 0.05) is 57.9 Å². The van der Waals surface area contributed by atoms with Gasteiger partial charge < -0.3 is 15.0 Å². The molecule has 1 aliphatic carbocycles. The molecule has 7 heteroatoms. The Morgan fingerprint density at radius 3 is 2.75 bits per heavy atom. The number of hydrogen-bond acceptors (Lipinski definition) is 4. The fourth-order valence-electron chi connectivity index (χ4n) is 3.02. The summed E-state index contributed by atoms with van der Waals surface area (Å²) in [5.41, 5.74) is 0.970. The highest BCUT2D eigenvalue weighted by Crippen LogP contribution is 2.17. The molecule has 24 heavy (non-hydrogen) atoms. The number of rotatable bonds is 9. The Hall–Kier alpha value is -1.89. The van der Waals surface area contributed by atoms with Gasteiger partial charge in [-0.15, -0.1) is 0 Å². The molecule has 0 aromatic carbocycles. The first-order valence-electron chi connectivity index (χ1n) is 8.62. The molecule has 0 unspecified atom stereocenters. The van der Waals surface area contributed by atoms with Crippen LogP contribution in [-0.4, -0.2) is 52.8 Å². The Morgan fingerprint density at radius 2 is 2.12 bits per heavy atom. The van der Waals surface area contributed by atoms with Crippen LogP contribution in [0.15, 0.2) is 12.4 Å². The summed E-state index contributed by atoms with van der Waals surface area (Å²) in [7, 11) is 3.46. The van der Waals surface area contributed by atoms with E-state index in [9.17, 15) is 9.59 Å². The lowest BCUT2D eigenvalue weighted by Crippen LogP contribution is -2.36. The number of hydrogen-bond donors (Lipinski definition) is 1. The average Bonchev–Trinajstić information content (AvgIpc) is 3.20. The first kappa shape index (κ1) is 18.4. The molecule has 0 atom stereocenters. The molecule has 1 N–H and O–H groups in total. The summed E-state index contributed by atoms with van der Waals surface area (Å²) >= 11 is 0. The lowest BCUT2D eigenvalue weighted by atomic mass is 10.2. The Balaban J connectivity index is 1.80. The van der Waals surface area contributed by atoms with E-state index in [1.807, 2.05) is 13.2 Å². The van der Waals surface area contributed by atoms with Gasteiger partial charge in [-0.25, -0.2) is 0 Å². The molecule has 1 heterocycles. The van der Waals surface area contributed by atoms with Gasteiger partial charge >= 0.3 is 0 Å². The zero-order chi connectivity index (χ0) is 17.4. The Bertz CT molecular complexity index is 538. The molecule has 1 aromatic rings. The van der Waals surface area contributed by atoms with Crippen molar-refractivity contribution in [2.24, 2.45) is 7.05 Å². The number of aryl methyl sites for hydroxylation is 1. The van der Waals surface area contributed by atoms with Crippen molar-refractivity contribution in [3.63, 3.8) is 0 Å². The molecule has 0 bridgehead atoms. The molecule has 134 valence electrons.